The molecule has 1 aromatic heterocycles. The van der Waals surface area contributed by atoms with Crippen LogP contribution in [0.25, 0.3) is 0 Å². The first-order chi connectivity index (χ1) is 15.1. The summed E-state index contributed by atoms with van der Waals surface area (Å²) in [6, 6.07) is 14.2. The Bertz CT molecular complexity index is 1060. The first-order valence-electron chi connectivity index (χ1n) is 9.72. The van der Waals surface area contributed by atoms with Gasteiger partial charge in [-0.1, -0.05) is 18.2 Å². The molecule has 3 aromatic rings. The van der Waals surface area contributed by atoms with E-state index in [1.807, 2.05) is 24.3 Å². The van der Waals surface area contributed by atoms with E-state index in [1.165, 1.54) is 6.07 Å². The molecule has 0 spiro atoms. The predicted octanol–water partition coefficient (Wildman–Crippen LogP) is 2.37. The third kappa shape index (κ3) is 5.12. The van der Waals surface area contributed by atoms with Crippen molar-refractivity contribution in [1.82, 2.24) is 20.7 Å². The van der Waals surface area contributed by atoms with Crippen LogP contribution in [0.4, 0.5) is 27.5 Å². The Labute approximate surface area is 178 Å². The van der Waals surface area contributed by atoms with Crippen molar-refractivity contribution < 1.29 is 13.9 Å². The number of benzene rings is 2. The second-order valence-electron chi connectivity index (χ2n) is 6.88. The lowest BCUT2D eigenvalue weighted by atomic mass is 10.1. The molecule has 6 N–H and O–H groups in total. The van der Waals surface area contributed by atoms with Crippen LogP contribution in [0, 0.1) is 5.82 Å². The average Bonchev–Trinajstić information content (AvgIpc) is 2.82. The van der Waals surface area contributed by atoms with Crippen molar-refractivity contribution in [2.75, 3.05) is 30.3 Å². The minimum absolute atomic E-state index is 0.0257. The van der Waals surface area contributed by atoms with Crippen molar-refractivity contribution in [3.63, 3.8) is 0 Å². The normalized spacial score (nSPS) is 15.9. The minimum atomic E-state index is -0.628. The van der Waals surface area contributed by atoms with Crippen molar-refractivity contribution in [1.29, 1.82) is 0 Å². The first kappa shape index (κ1) is 20.7. The van der Waals surface area contributed by atoms with Crippen molar-refractivity contribution in [2.24, 2.45) is 5.84 Å². The number of hydrogen-bond donors (Lipinski definition) is 5. The molecule has 10 heteroatoms. The van der Waals surface area contributed by atoms with Gasteiger partial charge in [-0.15, -0.1) is 0 Å². The van der Waals surface area contributed by atoms with Gasteiger partial charge in [0.25, 0.3) is 5.91 Å². The van der Waals surface area contributed by atoms with Crippen molar-refractivity contribution >= 4 is 29.0 Å². The summed E-state index contributed by atoms with van der Waals surface area (Å²) in [5, 5.41) is 9.22. The Morgan fingerprint density at radius 1 is 1.16 bits per heavy atom. The molecule has 160 valence electrons. The number of rotatable bonds is 6. The molecule has 1 saturated heterocycles. The second-order valence-corrected chi connectivity index (χ2v) is 6.88. The SMILES string of the molecule is NNC(=O)c1cccc(Nc2nc(Nc3ccc(C4CNCCO4)cc3)ncc2F)c1. The number of nitrogen functional groups attached to an aromatic ring is 1. The maximum atomic E-state index is 14.2. The van der Waals surface area contributed by atoms with E-state index >= 15 is 0 Å². The number of morpholine rings is 1. The van der Waals surface area contributed by atoms with Gasteiger partial charge in [0.1, 0.15) is 0 Å². The zero-order valence-corrected chi connectivity index (χ0v) is 16.6. The number of ether oxygens (including phenoxy) is 1. The fraction of sp³-hybridized carbons (Fsp3) is 0.190. The molecule has 1 aliphatic heterocycles. The standard InChI is InChI=1S/C21H22FN7O2/c22-17-11-25-21(27-15-6-4-13(5-7-15)18-12-24-8-9-31-18)28-19(17)26-16-3-1-2-14(10-16)20(30)29-23/h1-7,10-11,18,24H,8-9,12,23H2,(H,29,30)(H2,25,26,27,28). The highest BCUT2D eigenvalue weighted by Crippen LogP contribution is 2.24. The third-order valence-corrected chi connectivity index (χ3v) is 4.73. The van der Waals surface area contributed by atoms with Gasteiger partial charge in [0.2, 0.25) is 5.95 Å². The number of carbonyl (C=O) groups excluding carboxylic acids is 1. The van der Waals surface area contributed by atoms with Crippen molar-refractivity contribution in [3.05, 3.63) is 71.7 Å². The molecule has 1 aliphatic rings. The van der Waals surface area contributed by atoms with E-state index in [2.05, 4.69) is 31.3 Å². The van der Waals surface area contributed by atoms with Crippen molar-refractivity contribution in [2.45, 2.75) is 6.10 Å². The second kappa shape index (κ2) is 9.47. The molecular formula is C21H22FN7O2. The summed E-state index contributed by atoms with van der Waals surface area (Å²) in [6.45, 7) is 2.32. The maximum Gasteiger partial charge on any atom is 0.265 e. The molecule has 2 heterocycles. The van der Waals surface area contributed by atoms with Gasteiger partial charge in [-0.25, -0.2) is 15.2 Å². The highest BCUT2D eigenvalue weighted by molar-refractivity contribution is 5.94. The fourth-order valence-electron chi connectivity index (χ4n) is 3.16. The number of carbonyl (C=O) groups is 1. The van der Waals surface area contributed by atoms with E-state index in [-0.39, 0.29) is 17.9 Å². The smallest absolute Gasteiger partial charge is 0.265 e. The Morgan fingerprint density at radius 2 is 2.00 bits per heavy atom. The van der Waals surface area contributed by atoms with Crippen LogP contribution in [0.15, 0.2) is 54.7 Å². The Kier molecular flexibility index (Phi) is 6.32. The number of nitrogens with zero attached hydrogens (tertiary/aromatic N) is 2. The summed E-state index contributed by atoms with van der Waals surface area (Å²) in [5.74, 6) is 4.27. The number of aromatic nitrogens is 2. The summed E-state index contributed by atoms with van der Waals surface area (Å²) >= 11 is 0. The van der Waals surface area contributed by atoms with Gasteiger partial charge in [0.15, 0.2) is 11.6 Å². The van der Waals surface area contributed by atoms with E-state index in [0.29, 0.717) is 17.9 Å². The molecule has 1 unspecified atom stereocenters. The Morgan fingerprint density at radius 3 is 2.74 bits per heavy atom. The van der Waals surface area contributed by atoms with Gasteiger partial charge in [-0.2, -0.15) is 4.98 Å². The van der Waals surface area contributed by atoms with Crippen LogP contribution in [0.2, 0.25) is 0 Å². The van der Waals surface area contributed by atoms with E-state index < -0.39 is 11.7 Å². The van der Waals surface area contributed by atoms with Crippen molar-refractivity contribution in [3.8, 4) is 0 Å². The Hall–Kier alpha value is -3.60. The van der Waals surface area contributed by atoms with Crippen LogP contribution in [-0.2, 0) is 4.74 Å². The molecule has 31 heavy (non-hydrogen) atoms. The van der Waals surface area contributed by atoms with Crippen LogP contribution in [0.1, 0.15) is 22.0 Å². The summed E-state index contributed by atoms with van der Waals surface area (Å²) in [7, 11) is 0. The van der Waals surface area contributed by atoms with Crippen LogP contribution in [0.3, 0.4) is 0 Å². The molecule has 0 saturated carbocycles. The van der Waals surface area contributed by atoms with E-state index in [0.717, 1.165) is 30.5 Å². The van der Waals surface area contributed by atoms with E-state index in [1.54, 1.807) is 18.2 Å². The van der Waals surface area contributed by atoms with Gasteiger partial charge >= 0.3 is 0 Å². The largest absolute Gasteiger partial charge is 0.371 e. The van der Waals surface area contributed by atoms with E-state index in [9.17, 15) is 9.18 Å². The maximum absolute atomic E-state index is 14.2. The third-order valence-electron chi connectivity index (χ3n) is 4.73. The molecule has 1 fully saturated rings. The molecule has 0 radical (unpaired) electrons. The average molecular weight is 423 g/mol. The quantitative estimate of drug-likeness (QED) is 0.232. The zero-order chi connectivity index (χ0) is 21.6. The Balaban J connectivity index is 1.47. The number of hydrazine groups is 1. The van der Waals surface area contributed by atoms with Gasteiger partial charge in [-0.05, 0) is 35.9 Å². The summed E-state index contributed by atoms with van der Waals surface area (Å²) in [6.07, 6.45) is 1.10. The number of nitrogens with two attached hydrogens (primary N) is 1. The highest BCUT2D eigenvalue weighted by atomic mass is 19.1. The molecule has 9 nitrogen and oxygen atoms in total. The summed E-state index contributed by atoms with van der Waals surface area (Å²) < 4.78 is 20.0. The molecule has 1 amide bonds. The van der Waals surface area contributed by atoms with E-state index in [4.69, 9.17) is 10.6 Å². The summed E-state index contributed by atoms with van der Waals surface area (Å²) in [5.41, 5.74) is 4.70. The minimum Gasteiger partial charge on any atom is -0.371 e. The number of amides is 1. The molecule has 1 atom stereocenters. The number of halogens is 1. The highest BCUT2D eigenvalue weighted by Gasteiger charge is 2.15. The van der Waals surface area contributed by atoms with Crippen LogP contribution < -0.4 is 27.2 Å². The fourth-order valence-corrected chi connectivity index (χ4v) is 3.16. The lowest BCUT2D eigenvalue weighted by molar-refractivity contribution is 0.0277. The number of nitrogens with one attached hydrogen (secondary N) is 4. The van der Waals surface area contributed by atoms with Gasteiger partial charge in [-0.3, -0.25) is 10.2 Å². The van der Waals surface area contributed by atoms with Crippen LogP contribution >= 0.6 is 0 Å². The zero-order valence-electron chi connectivity index (χ0n) is 16.6. The predicted molar refractivity (Wildman–Crippen MR) is 115 cm³/mol. The van der Waals surface area contributed by atoms with Gasteiger partial charge in [0, 0.05) is 30.0 Å². The van der Waals surface area contributed by atoms with Crippen LogP contribution in [0.5, 0.6) is 0 Å². The topological polar surface area (TPSA) is 126 Å². The van der Waals surface area contributed by atoms with Gasteiger partial charge in [0.05, 0.1) is 18.9 Å². The van der Waals surface area contributed by atoms with Crippen LogP contribution in [-0.4, -0.2) is 35.6 Å². The molecule has 2 aromatic carbocycles. The summed E-state index contributed by atoms with van der Waals surface area (Å²) in [4.78, 5) is 19.9. The molecule has 0 bridgehead atoms. The lowest BCUT2D eigenvalue weighted by Crippen LogP contribution is -2.33. The number of anilines is 4. The monoisotopic (exact) mass is 423 g/mol. The lowest BCUT2D eigenvalue weighted by Gasteiger charge is -2.24. The molecular weight excluding hydrogens is 401 g/mol. The number of hydrogen-bond acceptors (Lipinski definition) is 8. The molecule has 0 aliphatic carbocycles. The first-order valence-corrected chi connectivity index (χ1v) is 9.72. The molecule has 4 rings (SSSR count). The van der Waals surface area contributed by atoms with Gasteiger partial charge < -0.3 is 20.7 Å².